The fraction of sp³-hybridized carbons (Fsp3) is 1.00. The molecule has 1 heteroatoms. The third-order valence-corrected chi connectivity index (χ3v) is 4.57. The Kier molecular flexibility index (Phi) is 4.11. The Morgan fingerprint density at radius 3 is 2.11 bits per heavy atom. The van der Waals surface area contributed by atoms with E-state index in [0.717, 1.165) is 17.9 Å². The van der Waals surface area contributed by atoms with Crippen LogP contribution in [0.1, 0.15) is 79.6 Å². The summed E-state index contributed by atoms with van der Waals surface area (Å²) in [6.07, 6.45) is 10.1. The Morgan fingerprint density at radius 2 is 1.56 bits per heavy atom. The predicted octanol–water partition coefficient (Wildman–Crippen LogP) is 4.76. The van der Waals surface area contributed by atoms with Crippen LogP contribution < -0.4 is 5.32 Å². The van der Waals surface area contributed by atoms with Crippen LogP contribution in [0.5, 0.6) is 0 Å². The SMILES string of the molecule is CC(C)(C)CC(C)(C)NC1CCCC(C2CC2)C1. The van der Waals surface area contributed by atoms with Gasteiger partial charge in [-0.05, 0) is 63.2 Å². The van der Waals surface area contributed by atoms with Gasteiger partial charge in [0.2, 0.25) is 0 Å². The Labute approximate surface area is 114 Å². The summed E-state index contributed by atoms with van der Waals surface area (Å²) < 4.78 is 0. The lowest BCUT2D eigenvalue weighted by molar-refractivity contribution is 0.179. The van der Waals surface area contributed by atoms with E-state index < -0.39 is 0 Å². The van der Waals surface area contributed by atoms with Gasteiger partial charge in [-0.25, -0.2) is 0 Å². The van der Waals surface area contributed by atoms with Gasteiger partial charge in [0.25, 0.3) is 0 Å². The van der Waals surface area contributed by atoms with Crippen molar-refractivity contribution in [3.8, 4) is 0 Å². The van der Waals surface area contributed by atoms with Crippen molar-refractivity contribution in [2.24, 2.45) is 17.3 Å². The van der Waals surface area contributed by atoms with Crippen LogP contribution in [0.25, 0.3) is 0 Å². The van der Waals surface area contributed by atoms with Gasteiger partial charge in [0.1, 0.15) is 0 Å². The standard InChI is InChI=1S/C17H33N/c1-16(2,3)12-17(4,5)18-15-8-6-7-14(11-15)13-9-10-13/h13-15,18H,6-12H2,1-5H3. The minimum atomic E-state index is 0.286. The van der Waals surface area contributed by atoms with Crippen molar-refractivity contribution in [3.05, 3.63) is 0 Å². The zero-order valence-electron chi connectivity index (χ0n) is 13.2. The molecule has 0 amide bonds. The summed E-state index contributed by atoms with van der Waals surface area (Å²) >= 11 is 0. The van der Waals surface area contributed by atoms with E-state index in [1.165, 1.54) is 44.9 Å². The van der Waals surface area contributed by atoms with Crippen LogP contribution in [0, 0.1) is 17.3 Å². The van der Waals surface area contributed by atoms with Crippen molar-refractivity contribution in [2.45, 2.75) is 91.1 Å². The van der Waals surface area contributed by atoms with Gasteiger partial charge in [-0.3, -0.25) is 0 Å². The first-order valence-corrected chi connectivity index (χ1v) is 8.03. The van der Waals surface area contributed by atoms with Crippen molar-refractivity contribution >= 4 is 0 Å². The molecule has 0 aromatic carbocycles. The average molecular weight is 251 g/mol. The summed E-state index contributed by atoms with van der Waals surface area (Å²) in [6.45, 7) is 11.8. The Bertz CT molecular complexity index is 270. The van der Waals surface area contributed by atoms with Gasteiger partial charge < -0.3 is 5.32 Å². The Balaban J connectivity index is 1.83. The first-order valence-electron chi connectivity index (χ1n) is 8.03. The number of nitrogens with one attached hydrogen (secondary N) is 1. The second kappa shape index (κ2) is 5.15. The summed E-state index contributed by atoms with van der Waals surface area (Å²) in [4.78, 5) is 0. The molecule has 1 N–H and O–H groups in total. The molecule has 0 bridgehead atoms. The number of hydrogen-bond donors (Lipinski definition) is 1. The predicted molar refractivity (Wildman–Crippen MR) is 79.8 cm³/mol. The van der Waals surface area contributed by atoms with Gasteiger partial charge in [-0.15, -0.1) is 0 Å². The molecule has 2 aliphatic carbocycles. The van der Waals surface area contributed by atoms with Crippen LogP contribution in [0.3, 0.4) is 0 Å². The highest BCUT2D eigenvalue weighted by molar-refractivity contribution is 4.92. The molecule has 18 heavy (non-hydrogen) atoms. The lowest BCUT2D eigenvalue weighted by Gasteiger charge is -2.40. The van der Waals surface area contributed by atoms with E-state index in [2.05, 4.69) is 39.9 Å². The van der Waals surface area contributed by atoms with E-state index >= 15 is 0 Å². The molecule has 0 aromatic rings. The normalized spacial score (nSPS) is 30.5. The highest BCUT2D eigenvalue weighted by Crippen LogP contribution is 2.44. The van der Waals surface area contributed by atoms with Gasteiger partial charge >= 0.3 is 0 Å². The first kappa shape index (κ1) is 14.4. The van der Waals surface area contributed by atoms with Gasteiger partial charge in [0, 0.05) is 11.6 Å². The largest absolute Gasteiger partial charge is 0.309 e. The molecule has 106 valence electrons. The molecule has 1 nitrogen and oxygen atoms in total. The molecule has 2 unspecified atom stereocenters. The molecule has 0 aromatic heterocycles. The monoisotopic (exact) mass is 251 g/mol. The molecule has 0 saturated heterocycles. The lowest BCUT2D eigenvalue weighted by Crippen LogP contribution is -2.49. The maximum absolute atomic E-state index is 3.96. The molecular weight excluding hydrogens is 218 g/mol. The van der Waals surface area contributed by atoms with E-state index in [1.807, 2.05) is 0 Å². The van der Waals surface area contributed by atoms with Crippen molar-refractivity contribution in [1.29, 1.82) is 0 Å². The molecule has 2 rings (SSSR count). The van der Waals surface area contributed by atoms with Crippen molar-refractivity contribution in [3.63, 3.8) is 0 Å². The van der Waals surface area contributed by atoms with Crippen LogP contribution >= 0.6 is 0 Å². The third kappa shape index (κ3) is 4.57. The van der Waals surface area contributed by atoms with Gasteiger partial charge in [0.05, 0.1) is 0 Å². The van der Waals surface area contributed by atoms with Crippen LogP contribution in [0.4, 0.5) is 0 Å². The van der Waals surface area contributed by atoms with E-state index in [0.29, 0.717) is 5.41 Å². The zero-order chi connectivity index (χ0) is 13.4. The molecule has 2 aliphatic rings. The summed E-state index contributed by atoms with van der Waals surface area (Å²) in [5.74, 6) is 2.14. The minimum Gasteiger partial charge on any atom is -0.309 e. The zero-order valence-corrected chi connectivity index (χ0v) is 13.2. The topological polar surface area (TPSA) is 12.0 Å². The maximum Gasteiger partial charge on any atom is 0.0132 e. The van der Waals surface area contributed by atoms with Crippen LogP contribution in [0.15, 0.2) is 0 Å². The van der Waals surface area contributed by atoms with Crippen LogP contribution in [0.2, 0.25) is 0 Å². The molecule has 2 atom stereocenters. The minimum absolute atomic E-state index is 0.286. The summed E-state index contributed by atoms with van der Waals surface area (Å²) in [5.41, 5.74) is 0.704. The van der Waals surface area contributed by atoms with E-state index in [4.69, 9.17) is 0 Å². The average Bonchev–Trinajstić information content (AvgIpc) is 2.95. The maximum atomic E-state index is 3.96. The number of rotatable bonds is 4. The van der Waals surface area contributed by atoms with E-state index in [1.54, 1.807) is 0 Å². The molecule has 2 fully saturated rings. The summed E-state index contributed by atoms with van der Waals surface area (Å²) in [7, 11) is 0. The third-order valence-electron chi connectivity index (χ3n) is 4.57. The fourth-order valence-electron chi connectivity index (χ4n) is 4.28. The van der Waals surface area contributed by atoms with Crippen molar-refractivity contribution in [1.82, 2.24) is 5.32 Å². The van der Waals surface area contributed by atoms with Gasteiger partial charge in [0.15, 0.2) is 0 Å². The van der Waals surface area contributed by atoms with Crippen LogP contribution in [-0.4, -0.2) is 11.6 Å². The van der Waals surface area contributed by atoms with E-state index in [-0.39, 0.29) is 5.54 Å². The van der Waals surface area contributed by atoms with Crippen LogP contribution in [-0.2, 0) is 0 Å². The lowest BCUT2D eigenvalue weighted by atomic mass is 9.78. The van der Waals surface area contributed by atoms with Crippen molar-refractivity contribution in [2.75, 3.05) is 0 Å². The van der Waals surface area contributed by atoms with Gasteiger partial charge in [-0.2, -0.15) is 0 Å². The Morgan fingerprint density at radius 1 is 0.889 bits per heavy atom. The second-order valence-electron chi connectivity index (χ2n) is 8.73. The van der Waals surface area contributed by atoms with E-state index in [9.17, 15) is 0 Å². The molecule has 0 spiro atoms. The quantitative estimate of drug-likeness (QED) is 0.759. The van der Waals surface area contributed by atoms with Gasteiger partial charge in [-0.1, -0.05) is 33.6 Å². The number of hydrogen-bond acceptors (Lipinski definition) is 1. The fourth-order valence-corrected chi connectivity index (χ4v) is 4.28. The molecule has 0 heterocycles. The molecule has 0 aliphatic heterocycles. The highest BCUT2D eigenvalue weighted by Gasteiger charge is 2.36. The smallest absolute Gasteiger partial charge is 0.0132 e. The molecule has 2 saturated carbocycles. The second-order valence-corrected chi connectivity index (χ2v) is 8.73. The summed E-state index contributed by atoms with van der Waals surface area (Å²) in [5, 5.41) is 3.96. The summed E-state index contributed by atoms with van der Waals surface area (Å²) in [6, 6.07) is 0.779. The Hall–Kier alpha value is -0.0400. The highest BCUT2D eigenvalue weighted by atomic mass is 15.0. The first-order chi connectivity index (χ1) is 8.25. The molecular formula is C17H33N. The van der Waals surface area contributed by atoms with Crippen molar-refractivity contribution < 1.29 is 0 Å². The molecule has 0 radical (unpaired) electrons.